The third kappa shape index (κ3) is 2.98. The highest BCUT2D eigenvalue weighted by molar-refractivity contribution is 6.33. The van der Waals surface area contributed by atoms with Crippen molar-refractivity contribution >= 4 is 23.3 Å². The first-order chi connectivity index (χ1) is 9.17. The first-order valence-electron chi connectivity index (χ1n) is 6.60. The number of nitrogens with zero attached hydrogens (tertiary/aromatic N) is 2. The predicted octanol–water partition coefficient (Wildman–Crippen LogP) is 2.43. The van der Waals surface area contributed by atoms with Gasteiger partial charge in [-0.2, -0.15) is 0 Å². The number of nitrogen functional groups attached to an aromatic ring is 1. The van der Waals surface area contributed by atoms with E-state index in [4.69, 9.17) is 17.4 Å². The van der Waals surface area contributed by atoms with Crippen LogP contribution in [0.4, 0.5) is 5.82 Å². The number of carbonyl (C=O) groups excluding carboxylic acids is 1. The number of rotatable bonds is 4. The van der Waals surface area contributed by atoms with E-state index in [9.17, 15) is 4.79 Å². The molecule has 0 unspecified atom stereocenters. The summed E-state index contributed by atoms with van der Waals surface area (Å²) < 4.78 is 0. The van der Waals surface area contributed by atoms with Gasteiger partial charge in [0.25, 0.3) is 5.91 Å². The fourth-order valence-electron chi connectivity index (χ4n) is 2.61. The molecular weight excluding hydrogens is 264 g/mol. The van der Waals surface area contributed by atoms with Gasteiger partial charge in [0, 0.05) is 18.8 Å². The molecule has 1 aromatic heterocycles. The van der Waals surface area contributed by atoms with Gasteiger partial charge in [0.1, 0.15) is 0 Å². The number of carbonyl (C=O) groups is 1. The molecule has 0 bridgehead atoms. The largest absolute Gasteiger partial charge is 0.336 e. The van der Waals surface area contributed by atoms with Crippen molar-refractivity contribution in [1.82, 2.24) is 9.88 Å². The molecule has 0 aromatic carbocycles. The SMILES string of the molecule is CCN(C(=O)c1cnc(NN)c(Cl)c1)C1CCCC1. The number of hydrogen-bond donors (Lipinski definition) is 2. The number of nitrogens with two attached hydrogens (primary N) is 1. The zero-order chi connectivity index (χ0) is 13.8. The van der Waals surface area contributed by atoms with Gasteiger partial charge in [-0.1, -0.05) is 24.4 Å². The number of nitrogens with one attached hydrogen (secondary N) is 1. The highest BCUT2D eigenvalue weighted by Crippen LogP contribution is 2.26. The van der Waals surface area contributed by atoms with Crippen molar-refractivity contribution in [3.8, 4) is 0 Å². The Morgan fingerprint density at radius 3 is 2.79 bits per heavy atom. The highest BCUT2D eigenvalue weighted by Gasteiger charge is 2.26. The van der Waals surface area contributed by atoms with Crippen molar-refractivity contribution in [1.29, 1.82) is 0 Å². The van der Waals surface area contributed by atoms with Crippen LogP contribution >= 0.6 is 11.6 Å². The number of pyridine rings is 1. The Morgan fingerprint density at radius 2 is 2.26 bits per heavy atom. The summed E-state index contributed by atoms with van der Waals surface area (Å²) in [5.74, 6) is 5.64. The maximum absolute atomic E-state index is 12.5. The van der Waals surface area contributed by atoms with E-state index in [-0.39, 0.29) is 5.91 Å². The van der Waals surface area contributed by atoms with Gasteiger partial charge in [0.2, 0.25) is 0 Å². The smallest absolute Gasteiger partial charge is 0.255 e. The number of halogens is 1. The summed E-state index contributed by atoms with van der Waals surface area (Å²) in [7, 11) is 0. The molecule has 1 aromatic rings. The number of aromatic nitrogens is 1. The molecule has 1 aliphatic carbocycles. The molecule has 0 radical (unpaired) electrons. The molecule has 19 heavy (non-hydrogen) atoms. The van der Waals surface area contributed by atoms with Crippen molar-refractivity contribution in [2.75, 3.05) is 12.0 Å². The first kappa shape index (κ1) is 14.1. The molecule has 5 nitrogen and oxygen atoms in total. The molecule has 2 rings (SSSR count). The lowest BCUT2D eigenvalue weighted by atomic mass is 10.1. The van der Waals surface area contributed by atoms with Crippen LogP contribution in [-0.2, 0) is 0 Å². The van der Waals surface area contributed by atoms with Gasteiger partial charge in [0.15, 0.2) is 5.82 Å². The summed E-state index contributed by atoms with van der Waals surface area (Å²) >= 11 is 6.01. The summed E-state index contributed by atoms with van der Waals surface area (Å²) in [5.41, 5.74) is 2.90. The number of amides is 1. The van der Waals surface area contributed by atoms with E-state index in [2.05, 4.69) is 10.4 Å². The molecule has 6 heteroatoms. The Bertz CT molecular complexity index is 460. The summed E-state index contributed by atoms with van der Waals surface area (Å²) in [6.45, 7) is 2.71. The third-order valence-corrected chi connectivity index (χ3v) is 3.88. The quantitative estimate of drug-likeness (QED) is 0.657. The van der Waals surface area contributed by atoms with Gasteiger partial charge >= 0.3 is 0 Å². The average molecular weight is 283 g/mol. The van der Waals surface area contributed by atoms with Crippen LogP contribution in [0.3, 0.4) is 0 Å². The lowest BCUT2D eigenvalue weighted by Gasteiger charge is -2.27. The maximum atomic E-state index is 12.5. The Hall–Kier alpha value is -1.33. The monoisotopic (exact) mass is 282 g/mol. The minimum Gasteiger partial charge on any atom is -0.336 e. The first-order valence-corrected chi connectivity index (χ1v) is 6.98. The van der Waals surface area contributed by atoms with Gasteiger partial charge in [-0.05, 0) is 25.8 Å². The van der Waals surface area contributed by atoms with Gasteiger partial charge < -0.3 is 10.3 Å². The Morgan fingerprint density at radius 1 is 1.58 bits per heavy atom. The van der Waals surface area contributed by atoms with Crippen molar-refractivity contribution in [2.24, 2.45) is 5.84 Å². The second-order valence-electron chi connectivity index (χ2n) is 4.73. The Balaban J connectivity index is 2.19. The van der Waals surface area contributed by atoms with Crippen LogP contribution in [0.1, 0.15) is 43.0 Å². The second-order valence-corrected chi connectivity index (χ2v) is 5.14. The standard InChI is InChI=1S/C13H19ClN4O/c1-2-18(10-5-3-4-6-10)13(19)9-7-11(14)12(17-15)16-8-9/h7-8,10H,2-6,15H2,1H3,(H,16,17). The number of anilines is 1. The van der Waals surface area contributed by atoms with Crippen molar-refractivity contribution in [3.05, 3.63) is 22.8 Å². The molecule has 1 saturated carbocycles. The minimum atomic E-state index is -0.00706. The van der Waals surface area contributed by atoms with E-state index in [1.54, 1.807) is 6.07 Å². The lowest BCUT2D eigenvalue weighted by molar-refractivity contribution is 0.0693. The molecule has 3 N–H and O–H groups in total. The molecule has 1 amide bonds. The number of hydrazine groups is 1. The molecule has 1 fully saturated rings. The summed E-state index contributed by atoms with van der Waals surface area (Å²) in [4.78, 5) is 18.4. The normalized spacial score (nSPS) is 15.5. The van der Waals surface area contributed by atoms with E-state index in [0.717, 1.165) is 12.8 Å². The van der Waals surface area contributed by atoms with Crippen molar-refractivity contribution in [2.45, 2.75) is 38.6 Å². The molecule has 0 saturated heterocycles. The Kier molecular flexibility index (Phi) is 4.61. The molecule has 1 aliphatic rings. The third-order valence-electron chi connectivity index (χ3n) is 3.59. The van der Waals surface area contributed by atoms with E-state index in [1.165, 1.54) is 19.0 Å². The minimum absolute atomic E-state index is 0.00706. The van der Waals surface area contributed by atoms with Crippen molar-refractivity contribution in [3.63, 3.8) is 0 Å². The fraction of sp³-hybridized carbons (Fsp3) is 0.538. The van der Waals surface area contributed by atoms with Gasteiger partial charge in [-0.25, -0.2) is 10.8 Å². The summed E-state index contributed by atoms with van der Waals surface area (Å²) in [5, 5.41) is 0.357. The van der Waals surface area contributed by atoms with Crippen LogP contribution in [0, 0.1) is 0 Å². The molecule has 1 heterocycles. The Labute approximate surface area is 118 Å². The molecule has 0 spiro atoms. The number of hydrogen-bond acceptors (Lipinski definition) is 4. The van der Waals surface area contributed by atoms with E-state index < -0.39 is 0 Å². The van der Waals surface area contributed by atoms with Crippen LogP contribution in [-0.4, -0.2) is 28.4 Å². The molecule has 104 valence electrons. The van der Waals surface area contributed by atoms with Crippen LogP contribution in [0.5, 0.6) is 0 Å². The van der Waals surface area contributed by atoms with Crippen LogP contribution in [0.15, 0.2) is 12.3 Å². The van der Waals surface area contributed by atoms with Crippen LogP contribution in [0.25, 0.3) is 0 Å². The lowest BCUT2D eigenvalue weighted by Crippen LogP contribution is -2.38. The fourth-order valence-corrected chi connectivity index (χ4v) is 2.83. The molecule has 0 atom stereocenters. The van der Waals surface area contributed by atoms with Crippen LogP contribution in [0.2, 0.25) is 5.02 Å². The van der Waals surface area contributed by atoms with E-state index >= 15 is 0 Å². The topological polar surface area (TPSA) is 71.2 Å². The van der Waals surface area contributed by atoms with E-state index in [1.807, 2.05) is 11.8 Å². The summed E-state index contributed by atoms with van der Waals surface area (Å²) in [6, 6.07) is 1.97. The maximum Gasteiger partial charge on any atom is 0.255 e. The molecular formula is C13H19ClN4O. The van der Waals surface area contributed by atoms with Crippen LogP contribution < -0.4 is 11.3 Å². The average Bonchev–Trinajstić information content (AvgIpc) is 2.93. The second kappa shape index (κ2) is 6.21. The highest BCUT2D eigenvalue weighted by atomic mass is 35.5. The predicted molar refractivity (Wildman–Crippen MR) is 76.0 cm³/mol. The van der Waals surface area contributed by atoms with Gasteiger partial charge in [-0.3, -0.25) is 4.79 Å². The van der Waals surface area contributed by atoms with Gasteiger partial charge in [-0.15, -0.1) is 0 Å². The zero-order valence-electron chi connectivity index (χ0n) is 11.0. The van der Waals surface area contributed by atoms with Crippen molar-refractivity contribution < 1.29 is 4.79 Å². The van der Waals surface area contributed by atoms with Gasteiger partial charge in [0.05, 0.1) is 10.6 Å². The van der Waals surface area contributed by atoms with E-state index in [0.29, 0.717) is 29.0 Å². The zero-order valence-corrected chi connectivity index (χ0v) is 11.8. The summed E-state index contributed by atoms with van der Waals surface area (Å²) in [6.07, 6.45) is 6.08. The molecule has 0 aliphatic heterocycles.